The van der Waals surface area contributed by atoms with Crippen molar-refractivity contribution < 1.29 is 23.9 Å². The number of nitrogens with zero attached hydrogens (tertiary/aromatic N) is 1. The van der Waals surface area contributed by atoms with Crippen LogP contribution in [0, 0.1) is 19.8 Å². The first-order valence-electron chi connectivity index (χ1n) is 8.32. The van der Waals surface area contributed by atoms with Gasteiger partial charge in [0.25, 0.3) is 0 Å². The van der Waals surface area contributed by atoms with Crippen molar-refractivity contribution in [2.75, 3.05) is 11.4 Å². The van der Waals surface area contributed by atoms with Gasteiger partial charge in [-0.05, 0) is 32.0 Å². The highest BCUT2D eigenvalue weighted by atomic mass is 16.4. The van der Waals surface area contributed by atoms with Gasteiger partial charge >= 0.3 is 5.97 Å². The second-order valence-electron chi connectivity index (χ2n) is 6.45. The molecule has 1 unspecified atom stereocenters. The number of carbonyl (C=O) groups excluding carboxylic acids is 2. The molecule has 0 radical (unpaired) electrons. The highest BCUT2D eigenvalue weighted by Crippen LogP contribution is 2.25. The summed E-state index contributed by atoms with van der Waals surface area (Å²) in [6.45, 7) is 3.94. The molecule has 7 nitrogen and oxygen atoms in total. The number of hydrogen-bond acceptors (Lipinski definition) is 4. The van der Waals surface area contributed by atoms with Crippen LogP contribution in [0.3, 0.4) is 0 Å². The van der Waals surface area contributed by atoms with Crippen molar-refractivity contribution in [3.05, 3.63) is 53.0 Å². The number of anilines is 1. The van der Waals surface area contributed by atoms with Gasteiger partial charge < -0.3 is 19.7 Å². The Morgan fingerprint density at radius 1 is 1.27 bits per heavy atom. The van der Waals surface area contributed by atoms with Gasteiger partial charge in [0.15, 0.2) is 0 Å². The van der Waals surface area contributed by atoms with Crippen molar-refractivity contribution in [2.45, 2.75) is 26.8 Å². The van der Waals surface area contributed by atoms with Gasteiger partial charge in [-0.3, -0.25) is 9.59 Å². The van der Waals surface area contributed by atoms with Crippen LogP contribution in [0.2, 0.25) is 0 Å². The molecular formula is C19H20N2O5. The molecule has 136 valence electrons. The average molecular weight is 356 g/mol. The van der Waals surface area contributed by atoms with Crippen molar-refractivity contribution in [3.63, 3.8) is 0 Å². The van der Waals surface area contributed by atoms with Gasteiger partial charge in [0, 0.05) is 18.7 Å². The van der Waals surface area contributed by atoms with Crippen LogP contribution in [0.1, 0.15) is 33.9 Å². The minimum absolute atomic E-state index is 0.0795. The van der Waals surface area contributed by atoms with Crippen LogP contribution >= 0.6 is 0 Å². The summed E-state index contributed by atoms with van der Waals surface area (Å²) in [5, 5.41) is 11.7. The zero-order valence-electron chi connectivity index (χ0n) is 14.6. The lowest BCUT2D eigenvalue weighted by atomic mass is 10.1. The number of furan rings is 1. The lowest BCUT2D eigenvalue weighted by Crippen LogP contribution is -2.32. The van der Waals surface area contributed by atoms with E-state index in [1.807, 2.05) is 31.2 Å². The molecule has 1 atom stereocenters. The first-order chi connectivity index (χ1) is 12.3. The van der Waals surface area contributed by atoms with E-state index in [1.54, 1.807) is 11.8 Å². The summed E-state index contributed by atoms with van der Waals surface area (Å²) in [5.74, 6) is -1.19. The van der Waals surface area contributed by atoms with Crippen LogP contribution in [0.5, 0.6) is 0 Å². The number of carboxylic acid groups (broad SMARTS) is 1. The summed E-state index contributed by atoms with van der Waals surface area (Å²) in [4.78, 5) is 37.2. The number of carboxylic acids is 1. The molecule has 1 saturated heterocycles. The fraction of sp³-hybridized carbons (Fsp3) is 0.316. The first kappa shape index (κ1) is 17.7. The first-order valence-corrected chi connectivity index (χ1v) is 8.32. The quantitative estimate of drug-likeness (QED) is 0.856. The van der Waals surface area contributed by atoms with E-state index in [-0.39, 0.29) is 30.3 Å². The molecule has 0 saturated carbocycles. The van der Waals surface area contributed by atoms with Crippen molar-refractivity contribution in [1.82, 2.24) is 5.32 Å². The predicted molar refractivity (Wildman–Crippen MR) is 93.9 cm³/mol. The summed E-state index contributed by atoms with van der Waals surface area (Å²) in [6.07, 6.45) is 0.150. The molecule has 0 spiro atoms. The Hall–Kier alpha value is -3.09. The molecule has 2 heterocycles. The monoisotopic (exact) mass is 356 g/mol. The maximum absolute atomic E-state index is 12.4. The molecule has 26 heavy (non-hydrogen) atoms. The summed E-state index contributed by atoms with van der Waals surface area (Å²) in [7, 11) is 0. The third kappa shape index (κ3) is 3.61. The van der Waals surface area contributed by atoms with Gasteiger partial charge in [0.2, 0.25) is 11.8 Å². The van der Waals surface area contributed by atoms with E-state index in [9.17, 15) is 14.4 Å². The second-order valence-corrected chi connectivity index (χ2v) is 6.45. The van der Waals surface area contributed by atoms with E-state index in [1.165, 1.54) is 6.07 Å². The van der Waals surface area contributed by atoms with E-state index < -0.39 is 11.9 Å². The van der Waals surface area contributed by atoms with Crippen LogP contribution in [-0.4, -0.2) is 29.4 Å². The molecule has 2 N–H and O–H groups in total. The van der Waals surface area contributed by atoms with Crippen LogP contribution in [0.4, 0.5) is 5.69 Å². The van der Waals surface area contributed by atoms with Gasteiger partial charge in [0.1, 0.15) is 17.1 Å². The molecule has 1 aliphatic rings. The SMILES string of the molecule is Cc1ccc(N2CC(C(=O)NCc3cc(C(=O)O)c(C)o3)CC2=O)cc1. The summed E-state index contributed by atoms with van der Waals surface area (Å²) in [5.41, 5.74) is 1.96. The Morgan fingerprint density at radius 2 is 1.96 bits per heavy atom. The number of rotatable bonds is 5. The minimum atomic E-state index is -1.07. The molecule has 2 amide bonds. The summed E-state index contributed by atoms with van der Waals surface area (Å²) in [6, 6.07) is 8.99. The Morgan fingerprint density at radius 3 is 2.58 bits per heavy atom. The van der Waals surface area contributed by atoms with Crippen molar-refractivity contribution >= 4 is 23.5 Å². The molecule has 3 rings (SSSR count). The number of aryl methyl sites for hydroxylation is 2. The Bertz CT molecular complexity index is 853. The van der Waals surface area contributed by atoms with Gasteiger partial charge in [0.05, 0.1) is 12.5 Å². The van der Waals surface area contributed by atoms with E-state index in [4.69, 9.17) is 9.52 Å². The second kappa shape index (κ2) is 7.03. The largest absolute Gasteiger partial charge is 0.478 e. The van der Waals surface area contributed by atoms with E-state index >= 15 is 0 Å². The third-order valence-corrected chi connectivity index (χ3v) is 4.48. The normalized spacial score (nSPS) is 16.8. The molecule has 2 aromatic rings. The average Bonchev–Trinajstić information content (AvgIpc) is 3.16. The predicted octanol–water partition coefficient (Wildman–Crippen LogP) is 2.26. The van der Waals surface area contributed by atoms with Crippen LogP contribution in [0.15, 0.2) is 34.7 Å². The standard InChI is InChI=1S/C19H20N2O5/c1-11-3-5-14(6-4-11)21-10-13(7-17(21)22)18(23)20-9-15-8-16(19(24)25)12(2)26-15/h3-6,8,13H,7,9-10H2,1-2H3,(H,20,23)(H,24,25). The number of carbonyl (C=O) groups is 3. The Balaban J connectivity index is 1.60. The van der Waals surface area contributed by atoms with Crippen LogP contribution < -0.4 is 10.2 Å². The van der Waals surface area contributed by atoms with E-state index in [2.05, 4.69) is 5.32 Å². The lowest BCUT2D eigenvalue weighted by Gasteiger charge is -2.16. The highest BCUT2D eigenvalue weighted by molar-refractivity contribution is 6.00. The number of aromatic carboxylic acids is 1. The topological polar surface area (TPSA) is 99.8 Å². The van der Waals surface area contributed by atoms with Crippen LogP contribution in [-0.2, 0) is 16.1 Å². The smallest absolute Gasteiger partial charge is 0.339 e. The molecule has 1 aromatic heterocycles. The number of amides is 2. The fourth-order valence-corrected chi connectivity index (χ4v) is 3.02. The van der Waals surface area contributed by atoms with Crippen molar-refractivity contribution in [3.8, 4) is 0 Å². The lowest BCUT2D eigenvalue weighted by molar-refractivity contribution is -0.126. The molecule has 7 heteroatoms. The van der Waals surface area contributed by atoms with Gasteiger partial charge in [-0.15, -0.1) is 0 Å². The van der Waals surface area contributed by atoms with Gasteiger partial charge in [-0.2, -0.15) is 0 Å². The third-order valence-electron chi connectivity index (χ3n) is 4.48. The summed E-state index contributed by atoms with van der Waals surface area (Å²) >= 11 is 0. The van der Waals surface area contributed by atoms with Crippen molar-refractivity contribution in [2.24, 2.45) is 5.92 Å². The molecule has 0 bridgehead atoms. The zero-order valence-corrected chi connectivity index (χ0v) is 14.6. The zero-order chi connectivity index (χ0) is 18.8. The molecular weight excluding hydrogens is 336 g/mol. The van der Waals surface area contributed by atoms with Gasteiger partial charge in [-0.1, -0.05) is 17.7 Å². The summed E-state index contributed by atoms with van der Waals surface area (Å²) < 4.78 is 5.34. The molecule has 1 fully saturated rings. The molecule has 1 aliphatic heterocycles. The number of benzene rings is 1. The number of nitrogens with one attached hydrogen (secondary N) is 1. The van der Waals surface area contributed by atoms with Crippen LogP contribution in [0.25, 0.3) is 0 Å². The van der Waals surface area contributed by atoms with Gasteiger partial charge in [-0.25, -0.2) is 4.79 Å². The van der Waals surface area contributed by atoms with E-state index in [0.717, 1.165) is 11.3 Å². The Kier molecular flexibility index (Phi) is 4.79. The maximum atomic E-state index is 12.4. The van der Waals surface area contributed by atoms with E-state index in [0.29, 0.717) is 18.1 Å². The highest BCUT2D eigenvalue weighted by Gasteiger charge is 2.35. The molecule has 1 aromatic carbocycles. The van der Waals surface area contributed by atoms with Crippen molar-refractivity contribution in [1.29, 1.82) is 0 Å². The molecule has 0 aliphatic carbocycles. The fourth-order valence-electron chi connectivity index (χ4n) is 3.02. The number of hydrogen-bond donors (Lipinski definition) is 2. The maximum Gasteiger partial charge on any atom is 0.339 e. The Labute approximate surface area is 150 Å². The minimum Gasteiger partial charge on any atom is -0.478 e.